The van der Waals surface area contributed by atoms with E-state index >= 15 is 0 Å². The smallest absolute Gasteiger partial charge is 0.170 e. The van der Waals surface area contributed by atoms with E-state index in [0.29, 0.717) is 0 Å². The number of nitrogens with one attached hydrogen (secondary N) is 2. The number of carbonyl (C=O) groups is 1. The first-order chi connectivity index (χ1) is 8.97. The fraction of sp³-hybridized carbons (Fsp3) is 0.312. The maximum absolute atomic E-state index is 12.4. The summed E-state index contributed by atoms with van der Waals surface area (Å²) in [5.74, 6) is 0.231. The number of Topliss-reactive ketones (excluding diaryl/α,β-unsaturated/α-hetero) is 1. The Morgan fingerprint density at radius 3 is 2.37 bits per heavy atom. The van der Waals surface area contributed by atoms with Crippen LogP contribution in [-0.4, -0.2) is 15.8 Å². The Kier molecular flexibility index (Phi) is 2.52. The third kappa shape index (κ3) is 1.77. The summed E-state index contributed by atoms with van der Waals surface area (Å²) in [6.07, 6.45) is 0.806. The highest BCUT2D eigenvalue weighted by Gasteiger charge is 2.37. The molecule has 2 aromatic heterocycles. The van der Waals surface area contributed by atoms with Crippen LogP contribution in [-0.2, 0) is 4.79 Å². The fourth-order valence-electron chi connectivity index (χ4n) is 2.99. The summed E-state index contributed by atoms with van der Waals surface area (Å²) in [4.78, 5) is 18.9. The lowest BCUT2D eigenvalue weighted by Crippen LogP contribution is -2.33. The summed E-state index contributed by atoms with van der Waals surface area (Å²) in [7, 11) is 0. The predicted molar refractivity (Wildman–Crippen MR) is 76.3 cm³/mol. The summed E-state index contributed by atoms with van der Waals surface area (Å²) < 4.78 is 0. The Morgan fingerprint density at radius 1 is 1.16 bits per heavy atom. The molecule has 1 aliphatic carbocycles. The first kappa shape index (κ1) is 12.0. The van der Waals surface area contributed by atoms with Crippen molar-refractivity contribution in [2.75, 3.05) is 0 Å². The Balaban J connectivity index is 2.01. The van der Waals surface area contributed by atoms with Crippen LogP contribution in [0.1, 0.15) is 34.9 Å². The van der Waals surface area contributed by atoms with Gasteiger partial charge < -0.3 is 9.97 Å². The molecule has 98 valence electrons. The molecule has 19 heavy (non-hydrogen) atoms. The molecule has 3 rings (SSSR count). The number of aryl methyl sites for hydroxylation is 3. The highest BCUT2D eigenvalue weighted by Crippen LogP contribution is 2.38. The second-order valence-electron chi connectivity index (χ2n) is 5.50. The van der Waals surface area contributed by atoms with Crippen molar-refractivity contribution in [3.05, 3.63) is 45.3 Å². The normalized spacial score (nSPS) is 21.6. The van der Waals surface area contributed by atoms with Crippen LogP contribution in [0.2, 0.25) is 0 Å². The molecule has 1 fully saturated rings. The zero-order chi connectivity index (χ0) is 13.7. The zero-order valence-corrected chi connectivity index (χ0v) is 11.6. The molecular weight excluding hydrogens is 236 g/mol. The van der Waals surface area contributed by atoms with E-state index in [2.05, 4.69) is 29.5 Å². The largest absolute Gasteiger partial charge is 0.362 e. The van der Waals surface area contributed by atoms with Gasteiger partial charge in [0.1, 0.15) is 0 Å². The number of rotatable bonds is 1. The monoisotopic (exact) mass is 254 g/mol. The number of carbonyl (C=O) groups excluding carboxylic acids is 1. The van der Waals surface area contributed by atoms with Gasteiger partial charge in [-0.25, -0.2) is 0 Å². The van der Waals surface area contributed by atoms with Gasteiger partial charge in [-0.2, -0.15) is 0 Å². The van der Waals surface area contributed by atoms with E-state index in [-0.39, 0.29) is 11.7 Å². The van der Waals surface area contributed by atoms with E-state index in [4.69, 9.17) is 0 Å². The molecule has 0 saturated heterocycles. The van der Waals surface area contributed by atoms with Crippen molar-refractivity contribution in [3.63, 3.8) is 0 Å². The van der Waals surface area contributed by atoms with Crippen LogP contribution in [0.15, 0.2) is 12.1 Å². The number of aromatic amines is 2. The van der Waals surface area contributed by atoms with E-state index in [1.165, 1.54) is 5.56 Å². The van der Waals surface area contributed by atoms with Crippen LogP contribution in [0.5, 0.6) is 0 Å². The summed E-state index contributed by atoms with van der Waals surface area (Å²) in [6.45, 7) is 9.96. The van der Waals surface area contributed by atoms with Crippen LogP contribution in [0.25, 0.3) is 12.2 Å². The molecule has 3 heteroatoms. The third-order valence-electron chi connectivity index (χ3n) is 3.93. The lowest BCUT2D eigenvalue weighted by Gasteiger charge is -2.27. The van der Waals surface area contributed by atoms with Gasteiger partial charge in [0.2, 0.25) is 0 Å². The van der Waals surface area contributed by atoms with E-state index < -0.39 is 0 Å². The van der Waals surface area contributed by atoms with Crippen LogP contribution in [0.3, 0.4) is 0 Å². The number of H-pyrrole nitrogens is 2. The van der Waals surface area contributed by atoms with E-state index in [1.54, 1.807) is 0 Å². The Hall–Kier alpha value is -2.03. The second kappa shape index (κ2) is 3.98. The molecule has 3 nitrogen and oxygen atoms in total. The molecule has 0 radical (unpaired) electrons. The van der Waals surface area contributed by atoms with Gasteiger partial charge in [0.25, 0.3) is 0 Å². The van der Waals surface area contributed by atoms with Crippen LogP contribution in [0.4, 0.5) is 0 Å². The minimum atomic E-state index is -0.000310. The molecule has 0 amide bonds. The van der Waals surface area contributed by atoms with Crippen molar-refractivity contribution in [1.82, 2.24) is 9.97 Å². The van der Waals surface area contributed by atoms with Crippen LogP contribution >= 0.6 is 0 Å². The zero-order valence-electron chi connectivity index (χ0n) is 11.6. The molecule has 0 aliphatic heterocycles. The average Bonchev–Trinajstić information content (AvgIpc) is 2.81. The molecule has 2 N–H and O–H groups in total. The maximum Gasteiger partial charge on any atom is 0.170 e. The lowest BCUT2D eigenvalue weighted by molar-refractivity contribution is -0.118. The highest BCUT2D eigenvalue weighted by molar-refractivity contribution is 6.25. The highest BCUT2D eigenvalue weighted by atomic mass is 16.1. The average molecular weight is 254 g/mol. The second-order valence-corrected chi connectivity index (χ2v) is 5.50. The van der Waals surface area contributed by atoms with Gasteiger partial charge >= 0.3 is 0 Å². The molecule has 0 aromatic carbocycles. The number of hydrogen-bond acceptors (Lipinski definition) is 1. The van der Waals surface area contributed by atoms with Gasteiger partial charge in [0, 0.05) is 27.7 Å². The van der Waals surface area contributed by atoms with Crippen molar-refractivity contribution >= 4 is 17.9 Å². The number of ketones is 1. The molecule has 1 saturated carbocycles. The SMILES string of the molecule is C=c1cc(C)c(=C2CC(c3[nH]c(C)cc3C)C2=O)[nH]1. The molecule has 1 aliphatic rings. The minimum Gasteiger partial charge on any atom is -0.362 e. The number of aromatic nitrogens is 2. The number of hydrogen-bond donors (Lipinski definition) is 2. The van der Waals surface area contributed by atoms with Gasteiger partial charge in [0.15, 0.2) is 5.78 Å². The van der Waals surface area contributed by atoms with E-state index in [9.17, 15) is 4.79 Å². The molecule has 0 spiro atoms. The van der Waals surface area contributed by atoms with Crippen LogP contribution in [0, 0.1) is 20.8 Å². The maximum atomic E-state index is 12.4. The van der Waals surface area contributed by atoms with Crippen molar-refractivity contribution in [3.8, 4) is 0 Å². The molecule has 1 unspecified atom stereocenters. The van der Waals surface area contributed by atoms with Gasteiger partial charge in [0.05, 0.1) is 5.92 Å². The molecule has 2 heterocycles. The summed E-state index contributed by atoms with van der Waals surface area (Å²) in [6, 6.07) is 4.07. The summed E-state index contributed by atoms with van der Waals surface area (Å²) >= 11 is 0. The molecule has 1 atom stereocenters. The summed E-state index contributed by atoms with van der Waals surface area (Å²) in [5.41, 5.74) is 5.38. The molecule has 2 aromatic rings. The lowest BCUT2D eigenvalue weighted by atomic mass is 9.75. The Morgan fingerprint density at radius 2 is 1.89 bits per heavy atom. The Labute approximate surface area is 112 Å². The first-order valence-electron chi connectivity index (χ1n) is 6.55. The van der Waals surface area contributed by atoms with Crippen molar-refractivity contribution < 1.29 is 4.79 Å². The minimum absolute atomic E-state index is 0.000310. The molecule has 0 bridgehead atoms. The van der Waals surface area contributed by atoms with Crippen LogP contribution < -0.4 is 10.7 Å². The van der Waals surface area contributed by atoms with Crippen molar-refractivity contribution in [2.24, 2.45) is 0 Å². The topological polar surface area (TPSA) is 48.6 Å². The van der Waals surface area contributed by atoms with E-state index in [1.807, 2.05) is 19.9 Å². The van der Waals surface area contributed by atoms with E-state index in [0.717, 1.165) is 39.6 Å². The predicted octanol–water partition coefficient (Wildman–Crippen LogP) is 1.59. The quantitative estimate of drug-likeness (QED) is 0.797. The van der Waals surface area contributed by atoms with Gasteiger partial charge in [-0.05, 0) is 50.5 Å². The summed E-state index contributed by atoms with van der Waals surface area (Å²) in [5, 5.41) is 1.83. The van der Waals surface area contributed by atoms with Crippen molar-refractivity contribution in [1.29, 1.82) is 0 Å². The first-order valence-corrected chi connectivity index (χ1v) is 6.55. The van der Waals surface area contributed by atoms with Gasteiger partial charge in [-0.3, -0.25) is 4.79 Å². The third-order valence-corrected chi connectivity index (χ3v) is 3.93. The van der Waals surface area contributed by atoms with Gasteiger partial charge in [-0.15, -0.1) is 0 Å². The molecular formula is C16H18N2O. The van der Waals surface area contributed by atoms with Gasteiger partial charge in [-0.1, -0.05) is 6.58 Å². The standard InChI is InChI=1S/C16H18N2O/c1-8-5-10(3)17-14(8)12-7-13(16(12)19)15-9(2)6-11(4)18-15/h5-6,13,17-18H,3,7H2,1-2,4H3. The Bertz CT molecular complexity index is 776. The fourth-order valence-corrected chi connectivity index (χ4v) is 2.99. The van der Waals surface area contributed by atoms with Crippen molar-refractivity contribution in [2.45, 2.75) is 33.1 Å².